The molecule has 118 valence electrons. The molecule has 2 rings (SSSR count). The molecular formula is C14H22N2O4S. The highest BCUT2D eigenvalue weighted by molar-refractivity contribution is 7.89. The van der Waals surface area contributed by atoms with Gasteiger partial charge < -0.3 is 15.2 Å². The van der Waals surface area contributed by atoms with Crippen LogP contribution in [0.3, 0.4) is 0 Å². The summed E-state index contributed by atoms with van der Waals surface area (Å²) in [5, 5.41) is 0. The molecule has 0 radical (unpaired) electrons. The second kappa shape index (κ2) is 6.11. The molecular weight excluding hydrogens is 292 g/mol. The Morgan fingerprint density at radius 1 is 1.24 bits per heavy atom. The average Bonchev–Trinajstić information content (AvgIpc) is 3.28. The lowest BCUT2D eigenvalue weighted by Gasteiger charge is -2.23. The Labute approximate surface area is 125 Å². The standard InChI is InChI=1S/C14H22N2O4S/c1-4-7-16(10-5-6-10)21(17,18)14-8-11(15)12(19-2)9-13(14)20-3/h8-10H,4-7,15H2,1-3H3. The summed E-state index contributed by atoms with van der Waals surface area (Å²) >= 11 is 0. The van der Waals surface area contributed by atoms with Crippen molar-refractivity contribution in [2.24, 2.45) is 0 Å². The largest absolute Gasteiger partial charge is 0.495 e. The van der Waals surface area contributed by atoms with Gasteiger partial charge in [0, 0.05) is 18.7 Å². The van der Waals surface area contributed by atoms with Gasteiger partial charge in [0.2, 0.25) is 10.0 Å². The molecule has 0 atom stereocenters. The summed E-state index contributed by atoms with van der Waals surface area (Å²) in [6.07, 6.45) is 2.59. The monoisotopic (exact) mass is 314 g/mol. The highest BCUT2D eigenvalue weighted by Crippen LogP contribution is 2.38. The van der Waals surface area contributed by atoms with E-state index in [-0.39, 0.29) is 22.4 Å². The first-order valence-corrected chi connectivity index (χ1v) is 8.43. The number of nitrogens with zero attached hydrogens (tertiary/aromatic N) is 1. The van der Waals surface area contributed by atoms with Crippen molar-refractivity contribution < 1.29 is 17.9 Å². The quantitative estimate of drug-likeness (QED) is 0.777. The summed E-state index contributed by atoms with van der Waals surface area (Å²) in [5.74, 6) is 0.655. The third kappa shape index (κ3) is 3.08. The number of anilines is 1. The lowest BCUT2D eigenvalue weighted by atomic mass is 10.3. The van der Waals surface area contributed by atoms with Crippen LogP contribution in [0, 0.1) is 0 Å². The first-order valence-electron chi connectivity index (χ1n) is 6.99. The topological polar surface area (TPSA) is 81.9 Å². The van der Waals surface area contributed by atoms with Crippen LogP contribution < -0.4 is 15.2 Å². The van der Waals surface area contributed by atoms with Gasteiger partial charge in [0.05, 0.1) is 19.9 Å². The van der Waals surface area contributed by atoms with Gasteiger partial charge in [0.1, 0.15) is 16.4 Å². The van der Waals surface area contributed by atoms with Crippen molar-refractivity contribution in [1.29, 1.82) is 0 Å². The number of nitrogens with two attached hydrogens (primary N) is 1. The molecule has 7 heteroatoms. The van der Waals surface area contributed by atoms with E-state index in [1.807, 2.05) is 6.92 Å². The Morgan fingerprint density at radius 2 is 1.86 bits per heavy atom. The number of methoxy groups -OCH3 is 2. The zero-order valence-corrected chi connectivity index (χ0v) is 13.4. The molecule has 0 amide bonds. The number of ether oxygens (including phenoxy) is 2. The highest BCUT2D eigenvalue weighted by Gasteiger charge is 2.39. The van der Waals surface area contributed by atoms with Gasteiger partial charge in [-0.3, -0.25) is 0 Å². The molecule has 6 nitrogen and oxygen atoms in total. The molecule has 0 unspecified atom stereocenters. The van der Waals surface area contributed by atoms with E-state index in [9.17, 15) is 8.42 Å². The van der Waals surface area contributed by atoms with Crippen LogP contribution in [0.25, 0.3) is 0 Å². The molecule has 1 aromatic rings. The minimum absolute atomic E-state index is 0.1000. The van der Waals surface area contributed by atoms with Crippen LogP contribution in [0.2, 0.25) is 0 Å². The van der Waals surface area contributed by atoms with Crippen molar-refractivity contribution in [2.75, 3.05) is 26.5 Å². The maximum Gasteiger partial charge on any atom is 0.247 e. The molecule has 1 aromatic carbocycles. The van der Waals surface area contributed by atoms with Crippen LogP contribution in [0.15, 0.2) is 17.0 Å². The summed E-state index contributed by atoms with van der Waals surface area (Å²) in [4.78, 5) is 0.101. The molecule has 0 bridgehead atoms. The van der Waals surface area contributed by atoms with Crippen molar-refractivity contribution in [3.05, 3.63) is 12.1 Å². The summed E-state index contributed by atoms with van der Waals surface area (Å²) in [7, 11) is -0.703. The van der Waals surface area contributed by atoms with Gasteiger partial charge in [-0.2, -0.15) is 4.31 Å². The molecule has 1 fully saturated rings. The fourth-order valence-electron chi connectivity index (χ4n) is 2.30. The molecule has 0 spiro atoms. The number of nitrogen functional groups attached to an aromatic ring is 1. The summed E-state index contributed by atoms with van der Waals surface area (Å²) in [5.41, 5.74) is 6.14. The predicted octanol–water partition coefficient (Wildman–Crippen LogP) is 1.85. The summed E-state index contributed by atoms with van der Waals surface area (Å²) in [6.45, 7) is 2.46. The van der Waals surface area contributed by atoms with Gasteiger partial charge in [0.15, 0.2) is 0 Å². The van der Waals surface area contributed by atoms with Crippen LogP contribution in [0.4, 0.5) is 5.69 Å². The molecule has 1 saturated carbocycles. The maximum atomic E-state index is 12.9. The fourth-order valence-corrected chi connectivity index (χ4v) is 4.25. The fraction of sp³-hybridized carbons (Fsp3) is 0.571. The number of rotatable bonds is 7. The Kier molecular flexibility index (Phi) is 4.63. The van der Waals surface area contributed by atoms with Gasteiger partial charge in [-0.1, -0.05) is 6.92 Å². The second-order valence-electron chi connectivity index (χ2n) is 5.09. The molecule has 2 N–H and O–H groups in total. The molecule has 1 aliphatic rings. The van der Waals surface area contributed by atoms with E-state index in [2.05, 4.69) is 0 Å². The van der Waals surface area contributed by atoms with Gasteiger partial charge >= 0.3 is 0 Å². The zero-order chi connectivity index (χ0) is 15.6. The van der Waals surface area contributed by atoms with Crippen molar-refractivity contribution in [3.63, 3.8) is 0 Å². The maximum absolute atomic E-state index is 12.9. The predicted molar refractivity (Wildman–Crippen MR) is 81.2 cm³/mol. The van der Waals surface area contributed by atoms with Crippen molar-refractivity contribution >= 4 is 15.7 Å². The average molecular weight is 314 g/mol. The SMILES string of the molecule is CCCN(C1CC1)S(=O)(=O)c1cc(N)c(OC)cc1OC. The number of hydrogen-bond donors (Lipinski definition) is 1. The first-order chi connectivity index (χ1) is 9.95. The summed E-state index contributed by atoms with van der Waals surface area (Å²) in [6, 6.07) is 3.03. The van der Waals surface area contributed by atoms with Crippen molar-refractivity contribution in [1.82, 2.24) is 4.31 Å². The Balaban J connectivity index is 2.50. The van der Waals surface area contributed by atoms with Gasteiger partial charge in [-0.05, 0) is 25.3 Å². The van der Waals surface area contributed by atoms with E-state index in [4.69, 9.17) is 15.2 Å². The Bertz CT molecular complexity index is 612. The van der Waals surface area contributed by atoms with E-state index >= 15 is 0 Å². The molecule has 0 aliphatic heterocycles. The van der Waals surface area contributed by atoms with E-state index in [0.29, 0.717) is 12.3 Å². The lowest BCUT2D eigenvalue weighted by Crippen LogP contribution is -2.34. The van der Waals surface area contributed by atoms with E-state index < -0.39 is 10.0 Å². The molecule has 0 aromatic heterocycles. The third-order valence-corrected chi connectivity index (χ3v) is 5.47. The van der Waals surface area contributed by atoms with Crippen molar-refractivity contribution in [3.8, 4) is 11.5 Å². The van der Waals surface area contributed by atoms with Crippen LogP contribution in [-0.2, 0) is 10.0 Å². The minimum Gasteiger partial charge on any atom is -0.495 e. The van der Waals surface area contributed by atoms with Gasteiger partial charge in [-0.15, -0.1) is 0 Å². The summed E-state index contributed by atoms with van der Waals surface area (Å²) < 4.78 is 37.6. The van der Waals surface area contributed by atoms with Crippen LogP contribution in [0.1, 0.15) is 26.2 Å². The van der Waals surface area contributed by atoms with E-state index in [1.54, 1.807) is 4.31 Å². The van der Waals surface area contributed by atoms with Crippen molar-refractivity contribution in [2.45, 2.75) is 37.1 Å². The van der Waals surface area contributed by atoms with Crippen LogP contribution in [-0.4, -0.2) is 39.5 Å². The van der Waals surface area contributed by atoms with E-state index in [0.717, 1.165) is 19.3 Å². The lowest BCUT2D eigenvalue weighted by molar-refractivity contribution is 0.377. The molecule has 0 heterocycles. The minimum atomic E-state index is -3.62. The van der Waals surface area contributed by atoms with Gasteiger partial charge in [0.25, 0.3) is 0 Å². The zero-order valence-electron chi connectivity index (χ0n) is 12.6. The Morgan fingerprint density at radius 3 is 2.33 bits per heavy atom. The highest BCUT2D eigenvalue weighted by atomic mass is 32.2. The van der Waals surface area contributed by atoms with Crippen LogP contribution >= 0.6 is 0 Å². The van der Waals surface area contributed by atoms with Crippen LogP contribution in [0.5, 0.6) is 11.5 Å². The normalized spacial score (nSPS) is 15.2. The Hall–Kier alpha value is -1.47. The molecule has 1 aliphatic carbocycles. The molecule has 21 heavy (non-hydrogen) atoms. The second-order valence-corrected chi connectivity index (χ2v) is 6.95. The number of hydrogen-bond acceptors (Lipinski definition) is 5. The van der Waals surface area contributed by atoms with Gasteiger partial charge in [-0.25, -0.2) is 8.42 Å². The smallest absolute Gasteiger partial charge is 0.247 e. The van der Waals surface area contributed by atoms with E-state index in [1.165, 1.54) is 26.4 Å². The number of benzene rings is 1. The molecule has 0 saturated heterocycles. The third-order valence-electron chi connectivity index (χ3n) is 3.50. The number of sulfonamides is 1. The first kappa shape index (κ1) is 15.9.